The van der Waals surface area contributed by atoms with Gasteiger partial charge in [-0.25, -0.2) is 4.68 Å². The molecule has 0 atom stereocenters. The first-order valence-electron chi connectivity index (χ1n) is 8.93. The number of nitrogens with zero attached hydrogens (tertiary/aromatic N) is 2. The maximum absolute atomic E-state index is 12.7. The summed E-state index contributed by atoms with van der Waals surface area (Å²) in [6.07, 6.45) is 0. The molecule has 0 unspecified atom stereocenters. The number of hydrogen-bond acceptors (Lipinski definition) is 5. The minimum absolute atomic E-state index is 0.163. The van der Waals surface area contributed by atoms with E-state index in [0.29, 0.717) is 17.0 Å². The second kappa shape index (κ2) is 8.52. The van der Waals surface area contributed by atoms with Crippen molar-refractivity contribution in [3.63, 3.8) is 0 Å². The zero-order valence-electron chi connectivity index (χ0n) is 16.8. The molecular weight excluding hydrogens is 372 g/mol. The van der Waals surface area contributed by atoms with Crippen molar-refractivity contribution >= 4 is 11.8 Å². The van der Waals surface area contributed by atoms with Gasteiger partial charge in [-0.2, -0.15) is 5.10 Å². The van der Waals surface area contributed by atoms with Crippen molar-refractivity contribution in [2.45, 2.75) is 24.5 Å². The Labute approximate surface area is 169 Å². The average Bonchev–Trinajstić information content (AvgIpc) is 2.70. The molecule has 0 aliphatic heterocycles. The van der Waals surface area contributed by atoms with Crippen molar-refractivity contribution in [1.29, 1.82) is 0 Å². The lowest BCUT2D eigenvalue weighted by molar-refractivity contribution is 0.405. The Morgan fingerprint density at radius 1 is 1.04 bits per heavy atom. The van der Waals surface area contributed by atoms with Crippen LogP contribution < -0.4 is 15.0 Å². The summed E-state index contributed by atoms with van der Waals surface area (Å²) in [4.78, 5) is 13.9. The van der Waals surface area contributed by atoms with Gasteiger partial charge in [-0.15, -0.1) is 11.8 Å². The number of methoxy groups -OCH3 is 2. The van der Waals surface area contributed by atoms with Crippen molar-refractivity contribution in [3.8, 4) is 22.6 Å². The normalized spacial score (nSPS) is 10.8. The molecule has 0 saturated carbocycles. The van der Waals surface area contributed by atoms with Crippen LogP contribution >= 0.6 is 11.8 Å². The van der Waals surface area contributed by atoms with Crippen LogP contribution in [0.15, 0.2) is 52.2 Å². The summed E-state index contributed by atoms with van der Waals surface area (Å²) >= 11 is 1.76. The van der Waals surface area contributed by atoms with E-state index in [0.717, 1.165) is 27.5 Å². The lowest BCUT2D eigenvalue weighted by atomic mass is 10.0. The van der Waals surface area contributed by atoms with Crippen LogP contribution in [0.5, 0.6) is 11.5 Å². The number of rotatable bonds is 6. The number of aryl methyl sites for hydroxylation is 3. The third-order valence-corrected chi connectivity index (χ3v) is 5.66. The Kier molecular flexibility index (Phi) is 6.09. The fourth-order valence-electron chi connectivity index (χ4n) is 3.14. The van der Waals surface area contributed by atoms with Crippen molar-refractivity contribution in [3.05, 3.63) is 69.6 Å². The molecule has 0 fully saturated rings. The lowest BCUT2D eigenvalue weighted by Gasteiger charge is -2.14. The Morgan fingerprint density at radius 3 is 2.36 bits per heavy atom. The summed E-state index contributed by atoms with van der Waals surface area (Å²) in [7, 11) is 4.90. The Bertz CT molecular complexity index is 1040. The van der Waals surface area contributed by atoms with E-state index in [1.165, 1.54) is 10.2 Å². The van der Waals surface area contributed by atoms with Crippen LogP contribution in [0.1, 0.15) is 16.8 Å². The topological polar surface area (TPSA) is 53.4 Å². The summed E-state index contributed by atoms with van der Waals surface area (Å²) in [5, 5.41) is 4.22. The first kappa shape index (κ1) is 20.0. The van der Waals surface area contributed by atoms with Crippen molar-refractivity contribution in [2.75, 3.05) is 14.2 Å². The Hall–Kier alpha value is -2.73. The van der Waals surface area contributed by atoms with Gasteiger partial charge in [0.1, 0.15) is 11.4 Å². The molecule has 28 heavy (non-hydrogen) atoms. The average molecular weight is 397 g/mol. The highest BCUT2D eigenvalue weighted by Crippen LogP contribution is 2.33. The Balaban J connectivity index is 1.88. The molecule has 0 bridgehead atoms. The summed E-state index contributed by atoms with van der Waals surface area (Å²) in [5.74, 6) is 2.25. The molecule has 0 spiro atoms. The predicted octanol–water partition coefficient (Wildman–Crippen LogP) is 4.37. The number of benzene rings is 2. The standard InChI is InChI=1S/C22H24N2O3S/c1-14-12-18(28-13-16-6-8-17(26-4)9-7-16)10-11-19(14)20-21(27-5)15(2)23-24(3)22(20)25/h6-12H,13H2,1-5H3. The minimum Gasteiger partial charge on any atom is -0.497 e. The van der Waals surface area contributed by atoms with E-state index >= 15 is 0 Å². The largest absolute Gasteiger partial charge is 0.497 e. The molecule has 3 rings (SSSR count). The summed E-state index contributed by atoms with van der Waals surface area (Å²) in [6, 6.07) is 14.2. The SMILES string of the molecule is COc1ccc(CSc2ccc(-c3c(OC)c(C)nn(C)c3=O)c(C)c2)cc1. The van der Waals surface area contributed by atoms with E-state index in [-0.39, 0.29) is 5.56 Å². The summed E-state index contributed by atoms with van der Waals surface area (Å²) in [6.45, 7) is 3.86. The molecule has 1 heterocycles. The minimum atomic E-state index is -0.163. The number of ether oxygens (including phenoxy) is 2. The highest BCUT2D eigenvalue weighted by molar-refractivity contribution is 7.98. The van der Waals surface area contributed by atoms with Crippen molar-refractivity contribution < 1.29 is 9.47 Å². The van der Waals surface area contributed by atoms with Gasteiger partial charge < -0.3 is 9.47 Å². The van der Waals surface area contributed by atoms with Crippen LogP contribution in [0.4, 0.5) is 0 Å². The van der Waals surface area contributed by atoms with Gasteiger partial charge in [0.25, 0.3) is 5.56 Å². The molecule has 146 valence electrons. The van der Waals surface area contributed by atoms with Gasteiger partial charge in [0.15, 0.2) is 5.75 Å². The molecule has 0 amide bonds. The van der Waals surface area contributed by atoms with E-state index in [1.54, 1.807) is 33.0 Å². The van der Waals surface area contributed by atoms with Crippen LogP contribution in [0, 0.1) is 13.8 Å². The quantitative estimate of drug-likeness (QED) is 0.579. The molecular formula is C22H24N2O3S. The van der Waals surface area contributed by atoms with Gasteiger partial charge in [-0.1, -0.05) is 18.2 Å². The van der Waals surface area contributed by atoms with E-state index in [9.17, 15) is 4.79 Å². The van der Waals surface area contributed by atoms with Gasteiger partial charge in [0.2, 0.25) is 0 Å². The first-order chi connectivity index (χ1) is 13.4. The maximum atomic E-state index is 12.7. The molecule has 6 heteroatoms. The lowest BCUT2D eigenvalue weighted by Crippen LogP contribution is -2.23. The third kappa shape index (κ3) is 4.07. The van der Waals surface area contributed by atoms with Gasteiger partial charge in [-0.3, -0.25) is 4.79 Å². The van der Waals surface area contributed by atoms with Gasteiger partial charge in [-0.05, 0) is 54.8 Å². The highest BCUT2D eigenvalue weighted by Gasteiger charge is 2.18. The fraction of sp³-hybridized carbons (Fsp3) is 0.273. The van der Waals surface area contributed by atoms with Crippen molar-refractivity contribution in [1.82, 2.24) is 9.78 Å². The van der Waals surface area contributed by atoms with Gasteiger partial charge in [0.05, 0.1) is 19.8 Å². The number of hydrogen-bond donors (Lipinski definition) is 0. The molecule has 0 aliphatic carbocycles. The third-order valence-electron chi connectivity index (χ3n) is 4.60. The predicted molar refractivity (Wildman–Crippen MR) is 113 cm³/mol. The molecule has 2 aromatic carbocycles. The summed E-state index contributed by atoms with van der Waals surface area (Å²) in [5.41, 5.74) is 4.22. The van der Waals surface area contributed by atoms with E-state index in [1.807, 2.05) is 38.1 Å². The van der Waals surface area contributed by atoms with Crippen LogP contribution in [0.3, 0.4) is 0 Å². The zero-order valence-corrected chi connectivity index (χ0v) is 17.6. The molecule has 3 aromatic rings. The van der Waals surface area contributed by atoms with E-state index in [2.05, 4.69) is 23.3 Å². The number of aromatic nitrogens is 2. The van der Waals surface area contributed by atoms with Crippen LogP contribution in [-0.2, 0) is 12.8 Å². The monoisotopic (exact) mass is 396 g/mol. The highest BCUT2D eigenvalue weighted by atomic mass is 32.2. The molecule has 0 aliphatic rings. The maximum Gasteiger partial charge on any atom is 0.278 e. The molecule has 1 aromatic heterocycles. The van der Waals surface area contributed by atoms with Crippen LogP contribution in [0.25, 0.3) is 11.1 Å². The van der Waals surface area contributed by atoms with Crippen LogP contribution in [0.2, 0.25) is 0 Å². The molecule has 5 nitrogen and oxygen atoms in total. The van der Waals surface area contributed by atoms with Crippen molar-refractivity contribution in [2.24, 2.45) is 7.05 Å². The zero-order chi connectivity index (χ0) is 20.3. The van der Waals surface area contributed by atoms with Gasteiger partial charge >= 0.3 is 0 Å². The fourth-order valence-corrected chi connectivity index (χ4v) is 4.09. The van der Waals surface area contributed by atoms with Gasteiger partial charge in [0, 0.05) is 17.7 Å². The molecule has 0 N–H and O–H groups in total. The number of thioether (sulfide) groups is 1. The molecule has 0 radical (unpaired) electrons. The van der Waals surface area contributed by atoms with E-state index < -0.39 is 0 Å². The second-order valence-corrected chi connectivity index (χ2v) is 7.58. The first-order valence-corrected chi connectivity index (χ1v) is 9.91. The molecule has 0 saturated heterocycles. The summed E-state index contributed by atoms with van der Waals surface area (Å²) < 4.78 is 12.0. The smallest absolute Gasteiger partial charge is 0.278 e. The second-order valence-electron chi connectivity index (χ2n) is 6.54. The van der Waals surface area contributed by atoms with Crippen LogP contribution in [-0.4, -0.2) is 24.0 Å². The Morgan fingerprint density at radius 2 is 1.75 bits per heavy atom. The van der Waals surface area contributed by atoms with E-state index in [4.69, 9.17) is 9.47 Å².